The van der Waals surface area contributed by atoms with Gasteiger partial charge in [-0.1, -0.05) is 54.6 Å². The van der Waals surface area contributed by atoms with Gasteiger partial charge in [0.2, 0.25) is 5.91 Å². The van der Waals surface area contributed by atoms with Crippen LogP contribution in [-0.4, -0.2) is 39.4 Å². The second kappa shape index (κ2) is 15.1. The lowest BCUT2D eigenvalue weighted by Gasteiger charge is -2.17. The number of carbonyl (C=O) groups is 3. The van der Waals surface area contributed by atoms with E-state index in [1.165, 1.54) is 16.8 Å². The highest BCUT2D eigenvalue weighted by Crippen LogP contribution is 2.33. The molecule has 1 aliphatic carbocycles. The van der Waals surface area contributed by atoms with Crippen LogP contribution in [0.25, 0.3) is 11.3 Å². The third-order valence-corrected chi connectivity index (χ3v) is 7.31. The Morgan fingerprint density at radius 3 is 2.44 bits per heavy atom. The van der Waals surface area contributed by atoms with Crippen LogP contribution >= 0.6 is 0 Å². The van der Waals surface area contributed by atoms with Crippen LogP contribution in [0.3, 0.4) is 0 Å². The maximum absolute atomic E-state index is 13.5. The zero-order valence-corrected chi connectivity index (χ0v) is 26.6. The van der Waals surface area contributed by atoms with E-state index in [0.29, 0.717) is 22.5 Å². The number of ether oxygens (including phenoxy) is 2. The van der Waals surface area contributed by atoms with E-state index in [9.17, 15) is 19.2 Å². The largest absolute Gasteiger partial charge is 0.444 e. The van der Waals surface area contributed by atoms with E-state index in [1.54, 1.807) is 36.4 Å². The van der Waals surface area contributed by atoms with E-state index in [4.69, 9.17) is 20.6 Å². The van der Waals surface area contributed by atoms with Crippen LogP contribution in [0.4, 0.5) is 16.3 Å². The number of benzene rings is 3. The van der Waals surface area contributed by atoms with E-state index >= 15 is 0 Å². The normalized spacial score (nSPS) is 12.2. The first kappa shape index (κ1) is 33.4. The summed E-state index contributed by atoms with van der Waals surface area (Å²) in [7, 11) is 0. The Hall–Kier alpha value is -5.98. The van der Waals surface area contributed by atoms with Crippen LogP contribution in [0, 0.1) is 11.3 Å². The number of carbonyl (C=O) groups excluding carboxylic acids is 3. The summed E-state index contributed by atoms with van der Waals surface area (Å²) >= 11 is 0. The fourth-order valence-electron chi connectivity index (χ4n) is 4.72. The quantitative estimate of drug-likeness (QED) is 0.0491. The van der Waals surface area contributed by atoms with Gasteiger partial charge in [0.05, 0.1) is 17.8 Å². The lowest BCUT2D eigenvalue weighted by Crippen LogP contribution is -2.35. The number of amides is 2. The maximum Gasteiger partial charge on any atom is 0.413 e. The number of nitrogen functional groups attached to an aromatic ring is 1. The smallest absolute Gasteiger partial charge is 0.413 e. The summed E-state index contributed by atoms with van der Waals surface area (Å²) in [6.07, 6.45) is 2.30. The molecule has 0 spiro atoms. The summed E-state index contributed by atoms with van der Waals surface area (Å²) in [5, 5.41) is 16.4. The standard InChI is InChI=1S/C35H37N7O6/c1-21(2)40-32-33(44)42(29(18-39-32)26-14-27(36)16-28(15-26)48-34(45)25-12-13-25)19-30(43)38-17-22-8-10-24(11-9-22)31(37)41-35(46)47-20-23-6-4-3-5-7-23/h3-11,14-16,18,21,25H,12-13,17,19-20,36H2,1-2H3,(H,38,43)(H,39,40)(H2,37,41,46). The minimum Gasteiger partial charge on any atom is -0.444 e. The number of nitrogens with two attached hydrogens (primary N) is 1. The van der Waals surface area contributed by atoms with Crippen LogP contribution in [0.1, 0.15) is 43.4 Å². The minimum absolute atomic E-state index is 0.0809. The third-order valence-electron chi connectivity index (χ3n) is 7.31. The molecule has 0 bridgehead atoms. The van der Waals surface area contributed by atoms with E-state index in [2.05, 4.69) is 20.9 Å². The van der Waals surface area contributed by atoms with Gasteiger partial charge in [0.15, 0.2) is 5.82 Å². The van der Waals surface area contributed by atoms with Gasteiger partial charge in [-0.15, -0.1) is 0 Å². The van der Waals surface area contributed by atoms with Crippen molar-refractivity contribution in [2.75, 3.05) is 11.1 Å². The van der Waals surface area contributed by atoms with Gasteiger partial charge in [-0.25, -0.2) is 9.78 Å². The van der Waals surface area contributed by atoms with Crippen LogP contribution in [0.2, 0.25) is 0 Å². The van der Waals surface area contributed by atoms with Crippen LogP contribution in [0.15, 0.2) is 83.8 Å². The molecule has 0 atom stereocenters. The molecule has 1 aromatic heterocycles. The zero-order valence-electron chi connectivity index (χ0n) is 26.6. The summed E-state index contributed by atoms with van der Waals surface area (Å²) < 4.78 is 12.0. The first-order valence-electron chi connectivity index (χ1n) is 15.5. The molecule has 13 nitrogen and oxygen atoms in total. The summed E-state index contributed by atoms with van der Waals surface area (Å²) in [4.78, 5) is 55.4. The summed E-state index contributed by atoms with van der Waals surface area (Å²) in [6.45, 7) is 3.63. The summed E-state index contributed by atoms with van der Waals surface area (Å²) in [5.74, 6) is -0.698. The molecular weight excluding hydrogens is 614 g/mol. The lowest BCUT2D eigenvalue weighted by molar-refractivity contribution is -0.135. The van der Waals surface area contributed by atoms with Crippen molar-refractivity contribution in [3.8, 4) is 17.0 Å². The molecule has 5 rings (SSSR count). The highest BCUT2D eigenvalue weighted by Gasteiger charge is 2.31. The molecule has 1 heterocycles. The van der Waals surface area contributed by atoms with Gasteiger partial charge < -0.3 is 25.8 Å². The molecular formula is C35H37N7O6. The molecule has 13 heteroatoms. The molecule has 6 N–H and O–H groups in total. The summed E-state index contributed by atoms with van der Waals surface area (Å²) in [6, 6.07) is 20.6. The van der Waals surface area contributed by atoms with Crippen molar-refractivity contribution >= 4 is 35.3 Å². The van der Waals surface area contributed by atoms with Gasteiger partial charge in [0.1, 0.15) is 24.7 Å². The fraction of sp³-hybridized carbons (Fsp3) is 0.257. The van der Waals surface area contributed by atoms with Gasteiger partial charge in [0.25, 0.3) is 5.56 Å². The van der Waals surface area contributed by atoms with Gasteiger partial charge in [-0.3, -0.25) is 29.7 Å². The van der Waals surface area contributed by atoms with Crippen molar-refractivity contribution in [2.45, 2.75) is 52.4 Å². The number of aromatic nitrogens is 2. The van der Waals surface area contributed by atoms with Crippen molar-refractivity contribution in [1.82, 2.24) is 20.2 Å². The minimum atomic E-state index is -0.744. The van der Waals surface area contributed by atoms with Gasteiger partial charge in [0, 0.05) is 35.5 Å². The Bertz CT molecular complexity index is 1870. The fourth-order valence-corrected chi connectivity index (χ4v) is 4.72. The predicted octanol–water partition coefficient (Wildman–Crippen LogP) is 4.20. The highest BCUT2D eigenvalue weighted by atomic mass is 16.5. The third kappa shape index (κ3) is 9.06. The SMILES string of the molecule is CC(C)Nc1ncc(-c2cc(N)cc(OC(=O)C3CC3)c2)n(CC(=O)NCc2ccc(C(=N)NC(=O)OCc3ccccc3)cc2)c1=O. The molecule has 0 saturated heterocycles. The van der Waals surface area contributed by atoms with Crippen LogP contribution in [-0.2, 0) is 34.0 Å². The molecule has 1 aliphatic rings. The average molecular weight is 652 g/mol. The number of nitrogens with zero attached hydrogens (tertiary/aromatic N) is 2. The van der Waals surface area contributed by atoms with E-state index in [-0.39, 0.29) is 55.0 Å². The summed E-state index contributed by atoms with van der Waals surface area (Å²) in [5.41, 5.74) is 8.71. The monoisotopic (exact) mass is 651 g/mol. The molecule has 0 unspecified atom stereocenters. The number of amidine groups is 1. The number of esters is 1. The second-order valence-electron chi connectivity index (χ2n) is 11.7. The van der Waals surface area contributed by atoms with Crippen molar-refractivity contribution in [2.24, 2.45) is 5.92 Å². The van der Waals surface area contributed by atoms with E-state index in [1.807, 2.05) is 44.2 Å². The maximum atomic E-state index is 13.5. The first-order valence-corrected chi connectivity index (χ1v) is 15.5. The second-order valence-corrected chi connectivity index (χ2v) is 11.7. The Morgan fingerprint density at radius 1 is 1.02 bits per heavy atom. The molecule has 0 aliphatic heterocycles. The van der Waals surface area contributed by atoms with Crippen LogP contribution < -0.4 is 32.0 Å². The number of rotatable bonds is 12. The molecule has 1 saturated carbocycles. The van der Waals surface area contributed by atoms with Crippen molar-refractivity contribution in [3.63, 3.8) is 0 Å². The molecule has 248 valence electrons. The highest BCUT2D eigenvalue weighted by molar-refractivity contribution is 6.04. The predicted molar refractivity (Wildman–Crippen MR) is 180 cm³/mol. The van der Waals surface area contributed by atoms with Gasteiger partial charge in [-0.2, -0.15) is 0 Å². The van der Waals surface area contributed by atoms with Crippen molar-refractivity contribution in [3.05, 3.63) is 106 Å². The first-order chi connectivity index (χ1) is 23.0. The number of hydrogen-bond donors (Lipinski definition) is 5. The number of anilines is 2. The topological polar surface area (TPSA) is 191 Å². The van der Waals surface area contributed by atoms with Crippen molar-refractivity contribution < 1.29 is 23.9 Å². The van der Waals surface area contributed by atoms with E-state index in [0.717, 1.165) is 24.0 Å². The van der Waals surface area contributed by atoms with Crippen molar-refractivity contribution in [1.29, 1.82) is 5.41 Å². The Labute approximate surface area is 277 Å². The molecule has 2 amide bonds. The molecule has 3 aromatic carbocycles. The molecule has 1 fully saturated rings. The van der Waals surface area contributed by atoms with Crippen LogP contribution in [0.5, 0.6) is 5.75 Å². The van der Waals surface area contributed by atoms with E-state index < -0.39 is 17.6 Å². The lowest BCUT2D eigenvalue weighted by atomic mass is 10.1. The average Bonchev–Trinajstić information content (AvgIpc) is 3.91. The molecule has 48 heavy (non-hydrogen) atoms. The Morgan fingerprint density at radius 2 is 1.75 bits per heavy atom. The molecule has 0 radical (unpaired) electrons. The number of alkyl carbamates (subject to hydrolysis) is 1. The molecule has 4 aromatic rings. The van der Waals surface area contributed by atoms with Gasteiger partial charge >= 0.3 is 12.1 Å². The van der Waals surface area contributed by atoms with Gasteiger partial charge in [-0.05, 0) is 49.9 Å². The number of nitrogens with one attached hydrogen (secondary N) is 4. The Kier molecular flexibility index (Phi) is 10.5. The Balaban J connectivity index is 1.24. The number of hydrogen-bond acceptors (Lipinski definition) is 10. The zero-order chi connectivity index (χ0) is 34.2.